The van der Waals surface area contributed by atoms with E-state index in [9.17, 15) is 4.79 Å². The highest BCUT2D eigenvalue weighted by atomic mass is 79.9. The van der Waals surface area contributed by atoms with Crippen molar-refractivity contribution in [3.8, 4) is 5.75 Å². The second-order valence-corrected chi connectivity index (χ2v) is 6.36. The normalized spacial score (nSPS) is 10.8. The van der Waals surface area contributed by atoms with E-state index in [0.29, 0.717) is 35.4 Å². The molecule has 1 aromatic heterocycles. The molecule has 5 nitrogen and oxygen atoms in total. The zero-order valence-corrected chi connectivity index (χ0v) is 14.4. The first kappa shape index (κ1) is 16.5. The quantitative estimate of drug-likeness (QED) is 0.821. The Balaban J connectivity index is 2.13. The molecule has 2 aromatic rings. The van der Waals surface area contributed by atoms with Gasteiger partial charge in [0.15, 0.2) is 5.82 Å². The van der Waals surface area contributed by atoms with Gasteiger partial charge in [-0.1, -0.05) is 34.9 Å². The summed E-state index contributed by atoms with van der Waals surface area (Å²) < 4.78 is 11.5. The number of halogens is 1. The van der Waals surface area contributed by atoms with Gasteiger partial charge in [0.25, 0.3) is 5.91 Å². The van der Waals surface area contributed by atoms with Crippen molar-refractivity contribution in [2.45, 2.75) is 27.2 Å². The molecular formula is C16H19BrN2O3. The van der Waals surface area contributed by atoms with Gasteiger partial charge in [0.1, 0.15) is 11.5 Å². The molecule has 0 atom stereocenters. The lowest BCUT2D eigenvalue weighted by Gasteiger charge is -2.12. The maximum Gasteiger partial charge on any atom is 0.260 e. The topological polar surface area (TPSA) is 64.4 Å². The highest BCUT2D eigenvalue weighted by molar-refractivity contribution is 9.10. The summed E-state index contributed by atoms with van der Waals surface area (Å²) in [5.41, 5.74) is 0.457. The minimum absolute atomic E-state index is 0.283. The third kappa shape index (κ3) is 4.59. The number of hydrogen-bond acceptors (Lipinski definition) is 4. The fraction of sp³-hybridized carbons (Fsp3) is 0.375. The monoisotopic (exact) mass is 366 g/mol. The molecule has 0 saturated carbocycles. The maximum absolute atomic E-state index is 12.4. The molecule has 2 rings (SSSR count). The number of hydrogen-bond donors (Lipinski definition) is 1. The molecule has 0 fully saturated rings. The summed E-state index contributed by atoms with van der Waals surface area (Å²) in [6.45, 7) is 6.60. The highest BCUT2D eigenvalue weighted by Crippen LogP contribution is 2.25. The van der Waals surface area contributed by atoms with E-state index in [1.807, 2.05) is 6.07 Å². The van der Waals surface area contributed by atoms with Gasteiger partial charge < -0.3 is 14.6 Å². The number of aryl methyl sites for hydroxylation is 1. The number of nitrogens with zero attached hydrogens (tertiary/aromatic N) is 1. The van der Waals surface area contributed by atoms with Gasteiger partial charge in [-0.3, -0.25) is 4.79 Å². The fourth-order valence-corrected chi connectivity index (χ4v) is 2.18. The van der Waals surface area contributed by atoms with Crippen LogP contribution < -0.4 is 10.1 Å². The van der Waals surface area contributed by atoms with E-state index in [0.717, 1.165) is 10.9 Å². The summed E-state index contributed by atoms with van der Waals surface area (Å²) >= 11 is 3.38. The lowest BCUT2D eigenvalue weighted by atomic mass is 10.1. The molecule has 1 aromatic carbocycles. The Labute approximate surface area is 138 Å². The van der Waals surface area contributed by atoms with Crippen LogP contribution in [0.25, 0.3) is 0 Å². The molecule has 0 spiro atoms. The first-order chi connectivity index (χ1) is 10.5. The molecule has 1 amide bonds. The molecule has 0 saturated heterocycles. The van der Waals surface area contributed by atoms with Crippen LogP contribution in [0.3, 0.4) is 0 Å². The van der Waals surface area contributed by atoms with Crippen LogP contribution in [0.15, 0.2) is 33.3 Å². The third-order valence-corrected chi connectivity index (χ3v) is 3.50. The molecule has 0 bridgehead atoms. The van der Waals surface area contributed by atoms with Crippen LogP contribution in [0.1, 0.15) is 36.4 Å². The summed E-state index contributed by atoms with van der Waals surface area (Å²) in [6, 6.07) is 7.03. The Hall–Kier alpha value is -1.82. The van der Waals surface area contributed by atoms with Crippen molar-refractivity contribution in [1.29, 1.82) is 0 Å². The molecule has 0 radical (unpaired) electrons. The smallest absolute Gasteiger partial charge is 0.260 e. The summed E-state index contributed by atoms with van der Waals surface area (Å²) in [5, 5.41) is 6.46. The number of benzene rings is 1. The number of carbonyl (C=O) groups excluding carboxylic acids is 1. The van der Waals surface area contributed by atoms with E-state index in [1.165, 1.54) is 0 Å². The first-order valence-electron chi connectivity index (χ1n) is 7.12. The number of carbonyl (C=O) groups is 1. The van der Waals surface area contributed by atoms with Crippen molar-refractivity contribution in [1.82, 2.24) is 5.16 Å². The highest BCUT2D eigenvalue weighted by Gasteiger charge is 2.15. The molecule has 0 aliphatic rings. The Kier molecular flexibility index (Phi) is 5.60. The van der Waals surface area contributed by atoms with Crippen molar-refractivity contribution in [2.75, 3.05) is 11.9 Å². The van der Waals surface area contributed by atoms with Crippen molar-refractivity contribution < 1.29 is 14.1 Å². The fourth-order valence-electron chi connectivity index (χ4n) is 1.82. The van der Waals surface area contributed by atoms with E-state index >= 15 is 0 Å². The predicted molar refractivity (Wildman–Crippen MR) is 88.3 cm³/mol. The minimum atomic E-state index is -0.283. The summed E-state index contributed by atoms with van der Waals surface area (Å²) in [6.07, 6.45) is 0.930. The number of nitrogens with one attached hydrogen (secondary N) is 1. The van der Waals surface area contributed by atoms with Gasteiger partial charge in [0, 0.05) is 10.5 Å². The molecule has 0 aliphatic heterocycles. The van der Waals surface area contributed by atoms with Gasteiger partial charge in [0.2, 0.25) is 0 Å². The van der Waals surface area contributed by atoms with E-state index in [4.69, 9.17) is 9.26 Å². The Morgan fingerprint density at radius 2 is 2.18 bits per heavy atom. The number of ether oxygens (including phenoxy) is 1. The average Bonchev–Trinajstić information content (AvgIpc) is 2.85. The number of anilines is 1. The van der Waals surface area contributed by atoms with Crippen LogP contribution in [-0.4, -0.2) is 17.7 Å². The van der Waals surface area contributed by atoms with Crippen molar-refractivity contribution in [2.24, 2.45) is 5.92 Å². The Bertz CT molecular complexity index is 653. The van der Waals surface area contributed by atoms with Crippen LogP contribution >= 0.6 is 15.9 Å². The van der Waals surface area contributed by atoms with E-state index in [1.54, 1.807) is 25.1 Å². The standard InChI is InChI=1S/C16H19BrN2O3/c1-10(2)6-7-21-14-5-4-12(17)9-13(14)16(20)18-15-8-11(3)22-19-15/h4-5,8-10H,6-7H2,1-3H3,(H,18,19,20). The third-order valence-electron chi connectivity index (χ3n) is 3.01. The van der Waals surface area contributed by atoms with Crippen LogP contribution in [0, 0.1) is 12.8 Å². The van der Waals surface area contributed by atoms with E-state index in [2.05, 4.69) is 40.3 Å². The van der Waals surface area contributed by atoms with Gasteiger partial charge in [-0.25, -0.2) is 0 Å². The van der Waals surface area contributed by atoms with Gasteiger partial charge in [-0.2, -0.15) is 0 Å². The molecular weight excluding hydrogens is 348 g/mol. The Morgan fingerprint density at radius 1 is 1.41 bits per heavy atom. The molecule has 1 heterocycles. The average molecular weight is 367 g/mol. The first-order valence-corrected chi connectivity index (χ1v) is 7.92. The SMILES string of the molecule is Cc1cc(NC(=O)c2cc(Br)ccc2OCCC(C)C)no1. The predicted octanol–water partition coefficient (Wildman–Crippen LogP) is 4.42. The molecule has 0 unspecified atom stereocenters. The molecule has 6 heteroatoms. The Morgan fingerprint density at radius 3 is 2.82 bits per heavy atom. The minimum Gasteiger partial charge on any atom is -0.493 e. The van der Waals surface area contributed by atoms with E-state index < -0.39 is 0 Å². The number of rotatable bonds is 6. The second-order valence-electron chi connectivity index (χ2n) is 5.45. The molecule has 22 heavy (non-hydrogen) atoms. The van der Waals surface area contributed by atoms with Crippen molar-refractivity contribution in [3.05, 3.63) is 40.1 Å². The van der Waals surface area contributed by atoms with Crippen molar-refractivity contribution >= 4 is 27.7 Å². The lowest BCUT2D eigenvalue weighted by molar-refractivity contribution is 0.102. The zero-order valence-electron chi connectivity index (χ0n) is 12.9. The summed E-state index contributed by atoms with van der Waals surface area (Å²) in [5.74, 6) is 1.84. The van der Waals surface area contributed by atoms with Crippen molar-refractivity contribution in [3.63, 3.8) is 0 Å². The molecule has 0 aliphatic carbocycles. The van der Waals surface area contributed by atoms with E-state index in [-0.39, 0.29) is 5.91 Å². The number of amides is 1. The second kappa shape index (κ2) is 7.45. The zero-order chi connectivity index (χ0) is 16.1. The van der Waals surface area contributed by atoms with Crippen LogP contribution in [0.4, 0.5) is 5.82 Å². The summed E-state index contributed by atoms with van der Waals surface area (Å²) in [7, 11) is 0. The van der Waals surface area contributed by atoms with Gasteiger partial charge in [-0.05, 0) is 37.5 Å². The largest absolute Gasteiger partial charge is 0.493 e. The van der Waals surface area contributed by atoms with Crippen LogP contribution in [0.5, 0.6) is 5.75 Å². The summed E-state index contributed by atoms with van der Waals surface area (Å²) in [4.78, 5) is 12.4. The maximum atomic E-state index is 12.4. The molecule has 118 valence electrons. The number of aromatic nitrogens is 1. The lowest BCUT2D eigenvalue weighted by Crippen LogP contribution is -2.14. The molecule has 1 N–H and O–H groups in total. The van der Waals surface area contributed by atoms with Gasteiger partial charge in [-0.15, -0.1) is 0 Å². The van der Waals surface area contributed by atoms with Crippen LogP contribution in [0.2, 0.25) is 0 Å². The van der Waals surface area contributed by atoms with Gasteiger partial charge in [0.05, 0.1) is 12.2 Å². The van der Waals surface area contributed by atoms with Gasteiger partial charge >= 0.3 is 0 Å². The van der Waals surface area contributed by atoms with Crippen LogP contribution in [-0.2, 0) is 0 Å².